The van der Waals surface area contributed by atoms with Crippen molar-refractivity contribution in [2.24, 2.45) is 0 Å². The van der Waals surface area contributed by atoms with E-state index in [-0.39, 0.29) is 29.3 Å². The Morgan fingerprint density at radius 1 is 0.844 bits per heavy atom. The monoisotopic (exact) mass is 448 g/mol. The topological polar surface area (TPSA) is 49.9 Å². The molecule has 3 aliphatic rings. The summed E-state index contributed by atoms with van der Waals surface area (Å²) in [6.07, 6.45) is 14.5. The zero-order chi connectivity index (χ0) is 23.6. The fraction of sp³-hybridized carbons (Fsp3) is 0.926. The molecule has 1 saturated carbocycles. The van der Waals surface area contributed by atoms with Crippen molar-refractivity contribution < 1.29 is 14.3 Å². The Bertz CT molecular complexity index is 654. The number of carbonyl (C=O) groups excluding carboxylic acids is 2. The standard InChI is InChI=1S/C27H48N2O3/c1-7-22(30)19-29-23(31)26(20-24(2,3)28(6)25(4,5)21-26)32-27(29)17-15-13-11-9-8-10-12-14-16-18-27/h7-21H2,1-6H3. The second kappa shape index (κ2) is 9.74. The van der Waals surface area contributed by atoms with E-state index >= 15 is 0 Å². The molecular weight excluding hydrogens is 400 g/mol. The van der Waals surface area contributed by atoms with E-state index in [1.54, 1.807) is 0 Å². The number of amides is 1. The molecule has 0 radical (unpaired) electrons. The lowest BCUT2D eigenvalue weighted by molar-refractivity contribution is -0.196. The molecule has 3 rings (SSSR count). The first-order valence-electron chi connectivity index (χ1n) is 13.3. The van der Waals surface area contributed by atoms with Crippen LogP contribution in [0.3, 0.4) is 0 Å². The minimum absolute atomic E-state index is 0.0700. The van der Waals surface area contributed by atoms with Crippen molar-refractivity contribution in [2.75, 3.05) is 13.6 Å². The number of Topliss-reactive ketones (excluding diaryl/α,β-unsaturated/α-hetero) is 1. The summed E-state index contributed by atoms with van der Waals surface area (Å²) in [5.41, 5.74) is -1.77. The summed E-state index contributed by atoms with van der Waals surface area (Å²) in [6.45, 7) is 11.0. The average Bonchev–Trinajstić information content (AvgIpc) is 2.90. The van der Waals surface area contributed by atoms with Crippen LogP contribution in [-0.4, -0.2) is 57.5 Å². The Labute approximate surface area is 196 Å². The van der Waals surface area contributed by atoms with Crippen LogP contribution >= 0.6 is 0 Å². The largest absolute Gasteiger partial charge is 0.339 e. The van der Waals surface area contributed by atoms with E-state index in [2.05, 4.69) is 39.6 Å². The molecule has 2 aliphatic heterocycles. The van der Waals surface area contributed by atoms with E-state index in [9.17, 15) is 9.59 Å². The number of piperidine rings is 1. The zero-order valence-corrected chi connectivity index (χ0v) is 21.7. The van der Waals surface area contributed by atoms with Gasteiger partial charge < -0.3 is 9.64 Å². The number of rotatable bonds is 3. The Balaban J connectivity index is 1.98. The van der Waals surface area contributed by atoms with E-state index in [1.807, 2.05) is 11.8 Å². The van der Waals surface area contributed by atoms with Crippen LogP contribution in [0.15, 0.2) is 0 Å². The van der Waals surface area contributed by atoms with Gasteiger partial charge in [0.1, 0.15) is 5.72 Å². The van der Waals surface area contributed by atoms with Crippen LogP contribution in [0, 0.1) is 0 Å². The first-order chi connectivity index (χ1) is 15.0. The fourth-order valence-corrected chi connectivity index (χ4v) is 6.67. The summed E-state index contributed by atoms with van der Waals surface area (Å²) in [4.78, 5) is 31.1. The molecule has 0 N–H and O–H groups in total. The Hall–Kier alpha value is -0.940. The van der Waals surface area contributed by atoms with Crippen LogP contribution in [0.2, 0.25) is 0 Å². The summed E-state index contributed by atoms with van der Waals surface area (Å²) in [5.74, 6) is 0.205. The van der Waals surface area contributed by atoms with Gasteiger partial charge in [-0.1, -0.05) is 51.9 Å². The van der Waals surface area contributed by atoms with Crippen molar-refractivity contribution in [1.29, 1.82) is 0 Å². The highest BCUT2D eigenvalue weighted by Gasteiger charge is 2.65. The lowest BCUT2D eigenvalue weighted by Gasteiger charge is -2.56. The van der Waals surface area contributed by atoms with Gasteiger partial charge in [-0.2, -0.15) is 0 Å². The van der Waals surface area contributed by atoms with E-state index in [0.29, 0.717) is 19.3 Å². The number of ether oxygens (including phenoxy) is 1. The van der Waals surface area contributed by atoms with Crippen LogP contribution in [0.5, 0.6) is 0 Å². The maximum Gasteiger partial charge on any atom is 0.257 e. The minimum Gasteiger partial charge on any atom is -0.339 e. The molecule has 0 unspecified atom stereocenters. The third-order valence-electron chi connectivity index (χ3n) is 8.63. The molecule has 0 aromatic carbocycles. The molecule has 5 heteroatoms. The van der Waals surface area contributed by atoms with E-state index in [4.69, 9.17) is 4.74 Å². The van der Waals surface area contributed by atoms with Crippen molar-refractivity contribution in [3.8, 4) is 0 Å². The van der Waals surface area contributed by atoms with Gasteiger partial charge in [-0.15, -0.1) is 0 Å². The molecule has 0 bridgehead atoms. The van der Waals surface area contributed by atoms with Crippen LogP contribution in [0.1, 0.15) is 125 Å². The smallest absolute Gasteiger partial charge is 0.257 e. The van der Waals surface area contributed by atoms with Gasteiger partial charge >= 0.3 is 0 Å². The summed E-state index contributed by atoms with van der Waals surface area (Å²) in [5, 5.41) is 0. The number of ketones is 1. The molecule has 5 nitrogen and oxygen atoms in total. The minimum atomic E-state index is -0.829. The third-order valence-corrected chi connectivity index (χ3v) is 8.63. The van der Waals surface area contributed by atoms with Crippen LogP contribution < -0.4 is 0 Å². The van der Waals surface area contributed by atoms with E-state index < -0.39 is 11.3 Å². The van der Waals surface area contributed by atoms with Gasteiger partial charge in [-0.3, -0.25) is 14.5 Å². The quantitative estimate of drug-likeness (QED) is 0.544. The highest BCUT2D eigenvalue weighted by atomic mass is 16.6. The van der Waals surface area contributed by atoms with Crippen molar-refractivity contribution in [3.63, 3.8) is 0 Å². The molecule has 1 amide bonds. The first-order valence-corrected chi connectivity index (χ1v) is 13.3. The lowest BCUT2D eigenvalue weighted by atomic mass is 9.71. The number of hydrogen-bond acceptors (Lipinski definition) is 4. The lowest BCUT2D eigenvalue weighted by Crippen LogP contribution is -2.66. The second-order valence-corrected chi connectivity index (χ2v) is 12.0. The molecule has 0 aromatic rings. The molecule has 32 heavy (non-hydrogen) atoms. The molecule has 3 fully saturated rings. The third kappa shape index (κ3) is 5.09. The van der Waals surface area contributed by atoms with Gasteiger partial charge in [0.05, 0.1) is 6.54 Å². The van der Waals surface area contributed by atoms with Crippen molar-refractivity contribution in [3.05, 3.63) is 0 Å². The van der Waals surface area contributed by atoms with Gasteiger partial charge in [-0.25, -0.2) is 0 Å². The number of carbonyl (C=O) groups is 2. The van der Waals surface area contributed by atoms with Crippen LogP contribution in [-0.2, 0) is 14.3 Å². The summed E-state index contributed by atoms with van der Waals surface area (Å²) >= 11 is 0. The average molecular weight is 449 g/mol. The molecule has 2 heterocycles. The maximum atomic E-state index is 14.2. The van der Waals surface area contributed by atoms with Crippen molar-refractivity contribution in [1.82, 2.24) is 9.80 Å². The van der Waals surface area contributed by atoms with Crippen molar-refractivity contribution >= 4 is 11.7 Å². The molecule has 1 aliphatic carbocycles. The fourth-order valence-electron chi connectivity index (χ4n) is 6.67. The SMILES string of the molecule is CCC(=O)CN1C(=O)C2(CC(C)(C)N(C)C(C)(C)C2)OC12CCCCCCCCCCC2. The maximum absolute atomic E-state index is 14.2. The Morgan fingerprint density at radius 3 is 1.72 bits per heavy atom. The highest BCUT2D eigenvalue weighted by molar-refractivity contribution is 5.92. The molecule has 0 atom stereocenters. The first kappa shape index (κ1) is 25.7. The molecular formula is C27H48N2O3. The molecule has 184 valence electrons. The van der Waals surface area contributed by atoms with Crippen molar-refractivity contribution in [2.45, 2.75) is 147 Å². The normalized spacial score (nSPS) is 28.4. The molecule has 2 spiro atoms. The Kier molecular flexibility index (Phi) is 7.81. The predicted molar refractivity (Wildman–Crippen MR) is 130 cm³/mol. The highest BCUT2D eigenvalue weighted by Crippen LogP contribution is 2.53. The van der Waals surface area contributed by atoms with E-state index in [0.717, 1.165) is 25.7 Å². The number of nitrogens with zero attached hydrogens (tertiary/aromatic N) is 2. The predicted octanol–water partition coefficient (Wildman–Crippen LogP) is 5.85. The van der Waals surface area contributed by atoms with Gasteiger partial charge in [0, 0.05) is 30.3 Å². The van der Waals surface area contributed by atoms with Gasteiger partial charge in [-0.05, 0) is 60.4 Å². The van der Waals surface area contributed by atoms with Gasteiger partial charge in [0.25, 0.3) is 5.91 Å². The zero-order valence-electron chi connectivity index (χ0n) is 21.7. The summed E-state index contributed by atoms with van der Waals surface area (Å²) in [6, 6.07) is 0. The number of likely N-dealkylation sites (tertiary alicyclic amines) is 1. The summed E-state index contributed by atoms with van der Waals surface area (Å²) in [7, 11) is 2.16. The van der Waals surface area contributed by atoms with Gasteiger partial charge in [0.15, 0.2) is 11.4 Å². The van der Waals surface area contributed by atoms with E-state index in [1.165, 1.54) is 44.9 Å². The molecule has 2 saturated heterocycles. The van der Waals surface area contributed by atoms with Crippen LogP contribution in [0.25, 0.3) is 0 Å². The Morgan fingerprint density at radius 2 is 1.28 bits per heavy atom. The van der Waals surface area contributed by atoms with Gasteiger partial charge in [0.2, 0.25) is 0 Å². The van der Waals surface area contributed by atoms with Crippen LogP contribution in [0.4, 0.5) is 0 Å². The summed E-state index contributed by atoms with van der Waals surface area (Å²) < 4.78 is 7.11. The second-order valence-electron chi connectivity index (χ2n) is 12.0. The molecule has 0 aromatic heterocycles. The number of hydrogen-bond donors (Lipinski definition) is 0.